The highest BCUT2D eigenvalue weighted by atomic mass is 79.9. The summed E-state index contributed by atoms with van der Waals surface area (Å²) in [7, 11) is 2.04. The Bertz CT molecular complexity index is 531. The highest BCUT2D eigenvalue weighted by Crippen LogP contribution is 2.28. The Morgan fingerprint density at radius 3 is 2.71 bits per heavy atom. The summed E-state index contributed by atoms with van der Waals surface area (Å²) < 4.78 is 3.18. The van der Waals surface area contributed by atoms with Gasteiger partial charge < -0.3 is 10.3 Å². The molecule has 2 aromatic rings. The van der Waals surface area contributed by atoms with Gasteiger partial charge in [-0.2, -0.15) is 0 Å². The molecule has 3 nitrogen and oxygen atoms in total. The average molecular weight is 294 g/mol. The Labute approximate surface area is 110 Å². The first-order valence-corrected chi connectivity index (χ1v) is 6.41. The van der Waals surface area contributed by atoms with Gasteiger partial charge in [0.2, 0.25) is 0 Å². The van der Waals surface area contributed by atoms with Gasteiger partial charge >= 0.3 is 0 Å². The van der Waals surface area contributed by atoms with Crippen LogP contribution < -0.4 is 5.73 Å². The van der Waals surface area contributed by atoms with Crippen molar-refractivity contribution in [1.82, 2.24) is 9.55 Å². The minimum Gasteiger partial charge on any atom is -0.331 e. The van der Waals surface area contributed by atoms with Crippen molar-refractivity contribution < 1.29 is 0 Å². The van der Waals surface area contributed by atoms with E-state index in [1.54, 1.807) is 0 Å². The monoisotopic (exact) mass is 293 g/mol. The van der Waals surface area contributed by atoms with Gasteiger partial charge in [0.1, 0.15) is 5.82 Å². The molecular weight excluding hydrogens is 278 g/mol. The van der Waals surface area contributed by atoms with Crippen LogP contribution in [-0.2, 0) is 13.5 Å². The van der Waals surface area contributed by atoms with Crippen LogP contribution in [0.2, 0.25) is 0 Å². The lowest BCUT2D eigenvalue weighted by atomic mass is 10.2. The first-order valence-electron chi connectivity index (χ1n) is 5.62. The molecule has 0 saturated heterocycles. The van der Waals surface area contributed by atoms with E-state index in [0.29, 0.717) is 6.54 Å². The largest absolute Gasteiger partial charge is 0.331 e. The van der Waals surface area contributed by atoms with Crippen molar-refractivity contribution in [2.75, 3.05) is 6.54 Å². The molecule has 1 aromatic carbocycles. The molecule has 2 N–H and O–H groups in total. The lowest BCUT2D eigenvalue weighted by Crippen LogP contribution is -2.04. The SMILES string of the molecule is Cc1c(CCN)nc(-c2ccccc2Br)n1C. The van der Waals surface area contributed by atoms with Crippen LogP contribution >= 0.6 is 15.9 Å². The molecule has 0 fully saturated rings. The molecule has 17 heavy (non-hydrogen) atoms. The number of halogens is 1. The van der Waals surface area contributed by atoms with Gasteiger partial charge in [-0.15, -0.1) is 0 Å². The van der Waals surface area contributed by atoms with Crippen LogP contribution in [0.3, 0.4) is 0 Å². The molecule has 0 aliphatic carbocycles. The number of benzene rings is 1. The predicted octanol–water partition coefficient (Wildman–Crippen LogP) is 2.66. The Morgan fingerprint density at radius 1 is 1.35 bits per heavy atom. The van der Waals surface area contributed by atoms with Crippen molar-refractivity contribution in [3.8, 4) is 11.4 Å². The van der Waals surface area contributed by atoms with Gasteiger partial charge in [-0.05, 0) is 19.5 Å². The smallest absolute Gasteiger partial charge is 0.141 e. The zero-order chi connectivity index (χ0) is 12.4. The number of aromatic nitrogens is 2. The summed E-state index contributed by atoms with van der Waals surface area (Å²) in [5.74, 6) is 0.985. The maximum atomic E-state index is 5.60. The summed E-state index contributed by atoms with van der Waals surface area (Å²) in [6, 6.07) is 8.12. The highest BCUT2D eigenvalue weighted by Gasteiger charge is 2.13. The van der Waals surface area contributed by atoms with E-state index in [1.807, 2.05) is 25.2 Å². The Kier molecular flexibility index (Phi) is 3.64. The molecule has 2 rings (SSSR count). The molecule has 0 aliphatic heterocycles. The molecule has 0 spiro atoms. The van der Waals surface area contributed by atoms with E-state index in [-0.39, 0.29) is 0 Å². The maximum Gasteiger partial charge on any atom is 0.141 e. The normalized spacial score (nSPS) is 10.8. The van der Waals surface area contributed by atoms with Crippen LogP contribution in [0.15, 0.2) is 28.7 Å². The van der Waals surface area contributed by atoms with Crippen molar-refractivity contribution >= 4 is 15.9 Å². The summed E-state index contributed by atoms with van der Waals surface area (Å²) in [6.45, 7) is 2.71. The molecule has 0 saturated carbocycles. The van der Waals surface area contributed by atoms with Crippen LogP contribution in [0.25, 0.3) is 11.4 Å². The van der Waals surface area contributed by atoms with Crippen LogP contribution in [0.1, 0.15) is 11.4 Å². The lowest BCUT2D eigenvalue weighted by molar-refractivity contribution is 0.865. The van der Waals surface area contributed by atoms with Crippen LogP contribution in [0, 0.1) is 6.92 Å². The van der Waals surface area contributed by atoms with E-state index >= 15 is 0 Å². The zero-order valence-corrected chi connectivity index (χ0v) is 11.7. The van der Waals surface area contributed by atoms with Gasteiger partial charge in [0.15, 0.2) is 0 Å². The number of nitrogens with zero attached hydrogens (tertiary/aromatic N) is 2. The maximum absolute atomic E-state index is 5.60. The molecule has 4 heteroatoms. The van der Waals surface area contributed by atoms with Gasteiger partial charge in [0, 0.05) is 29.2 Å². The van der Waals surface area contributed by atoms with E-state index in [9.17, 15) is 0 Å². The number of nitrogens with two attached hydrogens (primary N) is 1. The van der Waals surface area contributed by atoms with E-state index in [2.05, 4.69) is 38.5 Å². The minimum absolute atomic E-state index is 0.632. The molecule has 0 radical (unpaired) electrons. The number of hydrogen-bond acceptors (Lipinski definition) is 2. The van der Waals surface area contributed by atoms with Crippen molar-refractivity contribution in [2.24, 2.45) is 12.8 Å². The third kappa shape index (κ3) is 2.28. The van der Waals surface area contributed by atoms with Gasteiger partial charge in [-0.3, -0.25) is 0 Å². The van der Waals surface area contributed by atoms with E-state index in [0.717, 1.165) is 28.0 Å². The summed E-state index contributed by atoms with van der Waals surface area (Å²) in [5.41, 5.74) is 8.98. The fourth-order valence-electron chi connectivity index (χ4n) is 1.89. The fraction of sp³-hybridized carbons (Fsp3) is 0.308. The Balaban J connectivity index is 2.53. The van der Waals surface area contributed by atoms with E-state index in [1.165, 1.54) is 5.69 Å². The molecule has 1 aromatic heterocycles. The molecular formula is C13H16BrN3. The highest BCUT2D eigenvalue weighted by molar-refractivity contribution is 9.10. The molecule has 0 unspecified atom stereocenters. The first kappa shape index (κ1) is 12.3. The molecule has 90 valence electrons. The van der Waals surface area contributed by atoms with Gasteiger partial charge in [0.05, 0.1) is 5.69 Å². The average Bonchev–Trinajstić information content (AvgIpc) is 2.59. The molecule has 0 amide bonds. The van der Waals surface area contributed by atoms with Crippen molar-refractivity contribution in [3.63, 3.8) is 0 Å². The van der Waals surface area contributed by atoms with Crippen LogP contribution in [0.4, 0.5) is 0 Å². The molecule has 0 aliphatic rings. The van der Waals surface area contributed by atoms with Gasteiger partial charge in [0.25, 0.3) is 0 Å². The fourth-order valence-corrected chi connectivity index (χ4v) is 2.36. The third-order valence-corrected chi connectivity index (χ3v) is 3.67. The molecule has 1 heterocycles. The first-order chi connectivity index (χ1) is 8.15. The molecule has 0 atom stereocenters. The zero-order valence-electron chi connectivity index (χ0n) is 10.1. The molecule has 0 bridgehead atoms. The second-order valence-corrected chi connectivity index (χ2v) is 4.90. The van der Waals surface area contributed by atoms with E-state index in [4.69, 9.17) is 5.73 Å². The lowest BCUT2D eigenvalue weighted by Gasteiger charge is -2.05. The van der Waals surface area contributed by atoms with Crippen LogP contribution in [0.5, 0.6) is 0 Å². The number of hydrogen-bond donors (Lipinski definition) is 1. The minimum atomic E-state index is 0.632. The summed E-state index contributed by atoms with van der Waals surface area (Å²) in [4.78, 5) is 4.68. The summed E-state index contributed by atoms with van der Waals surface area (Å²) >= 11 is 3.56. The predicted molar refractivity (Wildman–Crippen MR) is 73.8 cm³/mol. The van der Waals surface area contributed by atoms with Crippen molar-refractivity contribution in [1.29, 1.82) is 0 Å². The van der Waals surface area contributed by atoms with Crippen LogP contribution in [-0.4, -0.2) is 16.1 Å². The second-order valence-electron chi connectivity index (χ2n) is 4.05. The number of imidazole rings is 1. The quantitative estimate of drug-likeness (QED) is 0.945. The second kappa shape index (κ2) is 5.02. The standard InChI is InChI=1S/C13H16BrN3/c1-9-12(7-8-15)16-13(17(9)2)10-5-3-4-6-11(10)14/h3-6H,7-8,15H2,1-2H3. The topological polar surface area (TPSA) is 43.8 Å². The third-order valence-electron chi connectivity index (χ3n) is 2.98. The van der Waals surface area contributed by atoms with E-state index < -0.39 is 0 Å². The number of rotatable bonds is 3. The summed E-state index contributed by atoms with van der Waals surface area (Å²) in [5, 5.41) is 0. The Hall–Kier alpha value is -1.13. The van der Waals surface area contributed by atoms with Crippen molar-refractivity contribution in [2.45, 2.75) is 13.3 Å². The Morgan fingerprint density at radius 2 is 2.06 bits per heavy atom. The summed E-state index contributed by atoms with van der Waals surface area (Å²) in [6.07, 6.45) is 0.824. The van der Waals surface area contributed by atoms with Gasteiger partial charge in [-0.25, -0.2) is 4.98 Å². The van der Waals surface area contributed by atoms with Gasteiger partial charge in [-0.1, -0.05) is 34.1 Å². The van der Waals surface area contributed by atoms with Crippen molar-refractivity contribution in [3.05, 3.63) is 40.1 Å².